The fourth-order valence-corrected chi connectivity index (χ4v) is 6.84. The van der Waals surface area contributed by atoms with Crippen molar-refractivity contribution in [2.75, 3.05) is 10.6 Å². The number of anilines is 2. The normalized spacial score (nSPS) is 20.9. The summed E-state index contributed by atoms with van der Waals surface area (Å²) in [7, 11) is -4.26. The lowest BCUT2D eigenvalue weighted by Gasteiger charge is -2.33. The Hall–Kier alpha value is -2.40. The number of aromatic hydroxyl groups is 1. The van der Waals surface area contributed by atoms with Crippen molar-refractivity contribution in [2.24, 2.45) is 0 Å². The second-order valence-electron chi connectivity index (χ2n) is 7.62. The zero-order valence-electron chi connectivity index (χ0n) is 16.4. The number of benzene rings is 2. The second kappa shape index (κ2) is 8.51. The van der Waals surface area contributed by atoms with E-state index in [1.807, 2.05) is 0 Å². The molecule has 0 aliphatic carbocycles. The molecule has 2 aliphatic heterocycles. The second-order valence-corrected chi connectivity index (χ2v) is 10.2. The number of phenols is 1. The van der Waals surface area contributed by atoms with E-state index in [0.29, 0.717) is 12.8 Å². The fourth-order valence-electron chi connectivity index (χ4n) is 4.20. The molecule has 0 spiro atoms. The van der Waals surface area contributed by atoms with Crippen molar-refractivity contribution in [3.05, 3.63) is 46.2 Å². The Morgan fingerprint density at radius 1 is 1.06 bits per heavy atom. The van der Waals surface area contributed by atoms with Gasteiger partial charge in [0.25, 0.3) is 0 Å². The molecule has 170 valence electrons. The minimum Gasteiger partial charge on any atom is -0.504 e. The quantitative estimate of drug-likeness (QED) is 0.538. The highest BCUT2D eigenvalue weighted by Gasteiger charge is 2.48. The summed E-state index contributed by atoms with van der Waals surface area (Å²) < 4.78 is 41.6. The van der Waals surface area contributed by atoms with Crippen LogP contribution in [-0.4, -0.2) is 41.7 Å². The number of urea groups is 1. The lowest BCUT2D eigenvalue weighted by molar-refractivity contribution is -0.122. The Balaban J connectivity index is 1.62. The van der Waals surface area contributed by atoms with Gasteiger partial charge in [-0.05, 0) is 37.1 Å². The summed E-state index contributed by atoms with van der Waals surface area (Å²) in [5.74, 6) is -1.47. The number of Topliss-reactive ketones (excluding diaryl/α,β-unsaturated/α-hetero) is 1. The number of nitrogens with zero attached hydrogens (tertiary/aromatic N) is 1. The van der Waals surface area contributed by atoms with Crippen molar-refractivity contribution in [2.45, 2.75) is 42.7 Å². The van der Waals surface area contributed by atoms with Crippen LogP contribution < -0.4 is 10.6 Å². The monoisotopic (exact) mass is 501 g/mol. The van der Waals surface area contributed by atoms with Crippen LogP contribution in [0.15, 0.2) is 35.2 Å². The van der Waals surface area contributed by atoms with Crippen LogP contribution in [0, 0.1) is 5.82 Å². The van der Waals surface area contributed by atoms with Gasteiger partial charge in [-0.25, -0.2) is 17.6 Å². The standard InChI is InChI=1S/C20H18Cl2FN3O5S/c21-13-6-7-16(25-20(29)24-15-3-1-2-14(23)17(15)22)18(28)19(13)32(30,31)26-10-4-5-11(26)9-12(27)8-10/h1-3,6-7,10-11,28H,4-5,8-9H2,(H2,24,25,29)/t10-,11-/m0/s1. The first-order valence-corrected chi connectivity index (χ1v) is 11.9. The lowest BCUT2D eigenvalue weighted by Crippen LogP contribution is -2.46. The number of rotatable bonds is 4. The number of sulfonamides is 1. The maximum atomic E-state index is 13.6. The van der Waals surface area contributed by atoms with Gasteiger partial charge in [0, 0.05) is 24.9 Å². The van der Waals surface area contributed by atoms with Crippen molar-refractivity contribution in [1.82, 2.24) is 4.31 Å². The maximum absolute atomic E-state index is 13.6. The average Bonchev–Trinajstić information content (AvgIpc) is 3.00. The van der Waals surface area contributed by atoms with Crippen LogP contribution in [0.4, 0.5) is 20.6 Å². The van der Waals surface area contributed by atoms with Gasteiger partial charge >= 0.3 is 6.03 Å². The molecule has 2 heterocycles. The number of hydrogen-bond donors (Lipinski definition) is 3. The van der Waals surface area contributed by atoms with E-state index in [2.05, 4.69) is 10.6 Å². The third-order valence-electron chi connectivity index (χ3n) is 5.55. The Bertz CT molecular complexity index is 1210. The highest BCUT2D eigenvalue weighted by molar-refractivity contribution is 7.89. The zero-order valence-corrected chi connectivity index (χ0v) is 18.8. The first-order valence-electron chi connectivity index (χ1n) is 9.68. The van der Waals surface area contributed by atoms with Crippen LogP contribution in [0.25, 0.3) is 0 Å². The molecule has 2 bridgehead atoms. The Labute approximate surface area is 193 Å². The molecule has 0 aromatic heterocycles. The molecule has 2 aromatic carbocycles. The molecule has 2 atom stereocenters. The maximum Gasteiger partial charge on any atom is 0.323 e. The minimum atomic E-state index is -4.26. The van der Waals surface area contributed by atoms with E-state index in [1.54, 1.807) is 0 Å². The van der Waals surface area contributed by atoms with Gasteiger partial charge < -0.3 is 15.7 Å². The first kappa shape index (κ1) is 22.8. The van der Waals surface area contributed by atoms with Crippen LogP contribution in [0.2, 0.25) is 10.0 Å². The van der Waals surface area contributed by atoms with Crippen LogP contribution >= 0.6 is 23.2 Å². The fraction of sp³-hybridized carbons (Fsp3) is 0.300. The van der Waals surface area contributed by atoms with Gasteiger partial charge in [0.15, 0.2) is 5.75 Å². The average molecular weight is 502 g/mol. The number of halogens is 3. The summed E-state index contributed by atoms with van der Waals surface area (Å²) in [5.41, 5.74) is -0.238. The highest BCUT2D eigenvalue weighted by atomic mass is 35.5. The number of hydrogen-bond acceptors (Lipinski definition) is 5. The molecule has 2 fully saturated rings. The molecule has 8 nitrogen and oxygen atoms in total. The first-order chi connectivity index (χ1) is 15.1. The van der Waals surface area contributed by atoms with E-state index >= 15 is 0 Å². The number of amides is 2. The number of fused-ring (bicyclic) bond motifs is 2. The van der Waals surface area contributed by atoms with E-state index in [-0.39, 0.29) is 40.0 Å². The Kier molecular flexibility index (Phi) is 6.06. The van der Waals surface area contributed by atoms with E-state index in [0.717, 1.165) is 6.07 Å². The smallest absolute Gasteiger partial charge is 0.323 e. The van der Waals surface area contributed by atoms with Gasteiger partial charge in [-0.1, -0.05) is 29.3 Å². The summed E-state index contributed by atoms with van der Waals surface area (Å²) in [6, 6.07) is 4.44. The van der Waals surface area contributed by atoms with Crippen molar-refractivity contribution in [3.63, 3.8) is 0 Å². The summed E-state index contributed by atoms with van der Waals surface area (Å²) in [6.07, 6.45) is 1.32. The van der Waals surface area contributed by atoms with E-state index in [9.17, 15) is 27.5 Å². The van der Waals surface area contributed by atoms with Crippen molar-refractivity contribution >= 4 is 56.4 Å². The minimum absolute atomic E-state index is 0.00219. The molecular weight excluding hydrogens is 484 g/mol. The van der Waals surface area contributed by atoms with Gasteiger partial charge in [0.05, 0.1) is 21.4 Å². The molecule has 2 aromatic rings. The molecule has 0 unspecified atom stereocenters. The summed E-state index contributed by atoms with van der Waals surface area (Å²) in [6.45, 7) is 0. The SMILES string of the molecule is O=C1C[C@@H]2CC[C@@H](C1)N2S(=O)(=O)c1c(Cl)ccc(NC(=O)Nc2cccc(F)c2Cl)c1O. The van der Waals surface area contributed by atoms with Crippen LogP contribution in [-0.2, 0) is 14.8 Å². The van der Waals surface area contributed by atoms with Crippen LogP contribution in [0.5, 0.6) is 5.75 Å². The molecule has 2 saturated heterocycles. The Morgan fingerprint density at radius 2 is 1.69 bits per heavy atom. The number of ketones is 1. The number of carbonyl (C=O) groups is 2. The lowest BCUT2D eigenvalue weighted by atomic mass is 10.0. The predicted octanol–water partition coefficient (Wildman–Crippen LogP) is 4.37. The topological polar surface area (TPSA) is 116 Å². The van der Waals surface area contributed by atoms with Crippen molar-refractivity contribution < 1.29 is 27.5 Å². The highest BCUT2D eigenvalue weighted by Crippen LogP contribution is 2.44. The van der Waals surface area contributed by atoms with Crippen LogP contribution in [0.1, 0.15) is 25.7 Å². The Morgan fingerprint density at radius 3 is 2.34 bits per heavy atom. The molecule has 0 radical (unpaired) electrons. The molecule has 2 amide bonds. The summed E-state index contributed by atoms with van der Waals surface area (Å²) in [5, 5.41) is 14.8. The number of carbonyl (C=O) groups excluding carboxylic acids is 2. The predicted molar refractivity (Wildman–Crippen MR) is 117 cm³/mol. The van der Waals surface area contributed by atoms with Gasteiger partial charge in [0.1, 0.15) is 16.5 Å². The largest absolute Gasteiger partial charge is 0.504 e. The molecule has 0 saturated carbocycles. The number of nitrogens with one attached hydrogen (secondary N) is 2. The van der Waals surface area contributed by atoms with Gasteiger partial charge in [-0.15, -0.1) is 0 Å². The van der Waals surface area contributed by atoms with E-state index in [4.69, 9.17) is 23.2 Å². The molecule has 3 N–H and O–H groups in total. The zero-order chi connectivity index (χ0) is 23.2. The van der Waals surface area contributed by atoms with Crippen molar-refractivity contribution in [3.8, 4) is 5.75 Å². The molecule has 4 rings (SSSR count). The number of piperidine rings is 1. The molecule has 12 heteroatoms. The third kappa shape index (κ3) is 4.03. The summed E-state index contributed by atoms with van der Waals surface area (Å²) >= 11 is 11.9. The number of phenolic OH excluding ortho intramolecular Hbond substituents is 1. The molecule has 32 heavy (non-hydrogen) atoms. The third-order valence-corrected chi connectivity index (χ3v) is 8.44. The van der Waals surface area contributed by atoms with Gasteiger partial charge in [0.2, 0.25) is 10.0 Å². The molecule has 2 aliphatic rings. The van der Waals surface area contributed by atoms with Gasteiger partial charge in [-0.2, -0.15) is 4.31 Å². The van der Waals surface area contributed by atoms with E-state index in [1.165, 1.54) is 28.6 Å². The van der Waals surface area contributed by atoms with Gasteiger partial charge in [-0.3, -0.25) is 4.79 Å². The van der Waals surface area contributed by atoms with E-state index < -0.39 is 44.6 Å². The van der Waals surface area contributed by atoms with Crippen LogP contribution in [0.3, 0.4) is 0 Å². The molecular formula is C20H18Cl2FN3O5S. The van der Waals surface area contributed by atoms with Crippen molar-refractivity contribution in [1.29, 1.82) is 0 Å². The summed E-state index contributed by atoms with van der Waals surface area (Å²) in [4.78, 5) is 23.7.